The minimum Gasteiger partial charge on any atom is -0.356 e. The summed E-state index contributed by atoms with van der Waals surface area (Å²) in [5.74, 6) is 1.01. The summed E-state index contributed by atoms with van der Waals surface area (Å²) in [6, 6.07) is 20.1. The molecule has 174 valence electrons. The Labute approximate surface area is 206 Å². The fourth-order valence-corrected chi connectivity index (χ4v) is 5.52. The van der Waals surface area contributed by atoms with Crippen LogP contribution in [0.15, 0.2) is 82.3 Å². The second-order valence-electron chi connectivity index (χ2n) is 8.60. The number of aromatic nitrogens is 4. The average Bonchev–Trinajstić information content (AvgIpc) is 3.64. The van der Waals surface area contributed by atoms with E-state index in [0.717, 1.165) is 59.8 Å². The second-order valence-corrected chi connectivity index (χ2v) is 9.46. The van der Waals surface area contributed by atoms with Crippen molar-refractivity contribution in [3.05, 3.63) is 94.0 Å². The molecule has 0 saturated carbocycles. The van der Waals surface area contributed by atoms with E-state index in [1.165, 1.54) is 22.3 Å². The summed E-state index contributed by atoms with van der Waals surface area (Å²) in [4.78, 5) is 21.0. The van der Waals surface area contributed by atoms with Crippen LogP contribution in [-0.4, -0.2) is 38.7 Å². The lowest BCUT2D eigenvalue weighted by atomic mass is 10.1. The molecule has 0 radical (unpaired) electrons. The van der Waals surface area contributed by atoms with E-state index >= 15 is 0 Å². The predicted octanol–water partition coefficient (Wildman–Crippen LogP) is 5.10. The molecular formula is C27H24N6OS. The Balaban J connectivity index is 1.45. The second kappa shape index (κ2) is 8.96. The minimum absolute atomic E-state index is 0.179. The van der Waals surface area contributed by atoms with Crippen LogP contribution in [0.2, 0.25) is 0 Å². The number of aryl methyl sites for hydroxylation is 1. The monoisotopic (exact) mass is 480 g/mol. The first-order valence-electron chi connectivity index (χ1n) is 11.7. The Bertz CT molecular complexity index is 1580. The van der Waals surface area contributed by atoms with E-state index in [0.29, 0.717) is 10.2 Å². The standard InChI is InChI=1S/C27H24N6OS/c1-19-22(26(31-14-8-9-15-31)33(30-19)21-12-6-3-7-13-21)16-29-32-18-28-25-24(27(32)34)23(17-35-25)20-10-4-2-5-11-20/h2-7,10-13,16-18H,8-9,14-15H2,1H3/b29-16-. The average molecular weight is 481 g/mol. The van der Waals surface area contributed by atoms with Gasteiger partial charge in [0.2, 0.25) is 0 Å². The zero-order valence-corrected chi connectivity index (χ0v) is 20.2. The largest absolute Gasteiger partial charge is 0.356 e. The normalized spacial score (nSPS) is 13.9. The van der Waals surface area contributed by atoms with Crippen LogP contribution in [0, 0.1) is 6.92 Å². The molecule has 0 spiro atoms. The topological polar surface area (TPSA) is 68.3 Å². The number of thiophene rings is 1. The zero-order valence-electron chi connectivity index (χ0n) is 19.3. The van der Waals surface area contributed by atoms with Gasteiger partial charge in [-0.05, 0) is 37.5 Å². The van der Waals surface area contributed by atoms with Crippen molar-refractivity contribution in [2.24, 2.45) is 5.10 Å². The molecule has 4 heterocycles. The van der Waals surface area contributed by atoms with Crippen molar-refractivity contribution in [1.82, 2.24) is 19.4 Å². The molecule has 0 amide bonds. The molecule has 1 aliphatic rings. The summed E-state index contributed by atoms with van der Waals surface area (Å²) in [6.45, 7) is 3.93. The van der Waals surface area contributed by atoms with Crippen molar-refractivity contribution in [1.29, 1.82) is 0 Å². The Morgan fingerprint density at radius 1 is 1.00 bits per heavy atom. The van der Waals surface area contributed by atoms with E-state index in [2.05, 4.69) is 27.1 Å². The van der Waals surface area contributed by atoms with Gasteiger partial charge in [-0.2, -0.15) is 14.9 Å². The number of hydrogen-bond donors (Lipinski definition) is 0. The maximum atomic E-state index is 13.4. The quantitative estimate of drug-likeness (QED) is 0.328. The van der Waals surface area contributed by atoms with Crippen LogP contribution in [0.25, 0.3) is 27.0 Å². The maximum Gasteiger partial charge on any atom is 0.283 e. The number of rotatable bonds is 5. The molecule has 5 aromatic rings. The summed E-state index contributed by atoms with van der Waals surface area (Å²) in [5.41, 5.74) is 4.48. The number of nitrogens with zero attached hydrogens (tertiary/aromatic N) is 6. The number of hydrogen-bond acceptors (Lipinski definition) is 6. The van der Waals surface area contributed by atoms with Gasteiger partial charge in [-0.15, -0.1) is 11.3 Å². The van der Waals surface area contributed by atoms with Gasteiger partial charge in [-0.1, -0.05) is 48.5 Å². The molecule has 35 heavy (non-hydrogen) atoms. The number of fused-ring (bicyclic) bond motifs is 1. The van der Waals surface area contributed by atoms with E-state index in [1.54, 1.807) is 6.21 Å². The maximum absolute atomic E-state index is 13.4. The molecule has 0 atom stereocenters. The highest BCUT2D eigenvalue weighted by Gasteiger charge is 2.23. The smallest absolute Gasteiger partial charge is 0.283 e. The third kappa shape index (κ3) is 3.85. The first-order valence-corrected chi connectivity index (χ1v) is 12.6. The van der Waals surface area contributed by atoms with Gasteiger partial charge in [0.15, 0.2) is 0 Å². The van der Waals surface area contributed by atoms with Crippen LogP contribution in [-0.2, 0) is 0 Å². The van der Waals surface area contributed by atoms with Gasteiger partial charge >= 0.3 is 0 Å². The lowest BCUT2D eigenvalue weighted by Crippen LogP contribution is -2.22. The Hall–Kier alpha value is -4.04. The Morgan fingerprint density at radius 3 is 2.46 bits per heavy atom. The lowest BCUT2D eigenvalue weighted by molar-refractivity contribution is 0.813. The first-order chi connectivity index (χ1) is 17.2. The number of benzene rings is 2. The van der Waals surface area contributed by atoms with Crippen LogP contribution in [0.3, 0.4) is 0 Å². The summed E-state index contributed by atoms with van der Waals surface area (Å²) >= 11 is 1.47. The van der Waals surface area contributed by atoms with Crippen molar-refractivity contribution in [2.75, 3.05) is 18.0 Å². The van der Waals surface area contributed by atoms with Crippen molar-refractivity contribution < 1.29 is 0 Å². The molecule has 2 aromatic carbocycles. The number of anilines is 1. The molecule has 3 aromatic heterocycles. The van der Waals surface area contributed by atoms with E-state index < -0.39 is 0 Å². The summed E-state index contributed by atoms with van der Waals surface area (Å²) in [6.07, 6.45) is 5.55. The van der Waals surface area contributed by atoms with Crippen LogP contribution >= 0.6 is 11.3 Å². The van der Waals surface area contributed by atoms with E-state index in [9.17, 15) is 4.79 Å². The molecule has 6 rings (SSSR count). The van der Waals surface area contributed by atoms with E-state index in [1.807, 2.05) is 65.5 Å². The van der Waals surface area contributed by atoms with Gasteiger partial charge in [0.1, 0.15) is 17.0 Å². The van der Waals surface area contributed by atoms with Crippen LogP contribution in [0.5, 0.6) is 0 Å². The van der Waals surface area contributed by atoms with Gasteiger partial charge in [-0.3, -0.25) is 4.79 Å². The van der Waals surface area contributed by atoms with Crippen LogP contribution < -0.4 is 10.5 Å². The lowest BCUT2D eigenvalue weighted by Gasteiger charge is -2.20. The molecule has 1 saturated heterocycles. The molecular weight excluding hydrogens is 456 g/mol. The van der Waals surface area contributed by atoms with Gasteiger partial charge < -0.3 is 4.90 Å². The van der Waals surface area contributed by atoms with Gasteiger partial charge in [0.05, 0.1) is 28.5 Å². The molecule has 8 heteroatoms. The predicted molar refractivity (Wildman–Crippen MR) is 142 cm³/mol. The van der Waals surface area contributed by atoms with Crippen LogP contribution in [0.1, 0.15) is 24.1 Å². The highest BCUT2D eigenvalue weighted by atomic mass is 32.1. The number of para-hydroxylation sites is 1. The molecule has 0 N–H and O–H groups in total. The Morgan fingerprint density at radius 2 is 1.71 bits per heavy atom. The molecule has 0 aliphatic carbocycles. The highest BCUT2D eigenvalue weighted by molar-refractivity contribution is 7.17. The molecule has 0 unspecified atom stereocenters. The van der Waals surface area contributed by atoms with Gasteiger partial charge in [0, 0.05) is 24.0 Å². The van der Waals surface area contributed by atoms with Crippen molar-refractivity contribution in [3.8, 4) is 16.8 Å². The van der Waals surface area contributed by atoms with Gasteiger partial charge in [-0.25, -0.2) is 9.67 Å². The van der Waals surface area contributed by atoms with Crippen LogP contribution in [0.4, 0.5) is 5.82 Å². The molecule has 1 fully saturated rings. The zero-order chi connectivity index (χ0) is 23.8. The third-order valence-corrected chi connectivity index (χ3v) is 7.25. The van der Waals surface area contributed by atoms with Crippen molar-refractivity contribution in [2.45, 2.75) is 19.8 Å². The van der Waals surface area contributed by atoms with E-state index in [4.69, 9.17) is 5.10 Å². The third-order valence-electron chi connectivity index (χ3n) is 6.36. The first kappa shape index (κ1) is 21.5. The fourth-order valence-electron chi connectivity index (χ4n) is 4.62. The minimum atomic E-state index is -0.179. The molecule has 1 aliphatic heterocycles. The van der Waals surface area contributed by atoms with Crippen molar-refractivity contribution >= 4 is 33.6 Å². The molecule has 0 bridgehead atoms. The van der Waals surface area contributed by atoms with Gasteiger partial charge in [0.25, 0.3) is 5.56 Å². The summed E-state index contributed by atoms with van der Waals surface area (Å²) in [7, 11) is 0. The SMILES string of the molecule is Cc1nn(-c2ccccc2)c(N2CCCC2)c1/C=N\n1cnc2scc(-c3ccccc3)c2c1=O. The fraction of sp³-hybridized carbons (Fsp3) is 0.185. The summed E-state index contributed by atoms with van der Waals surface area (Å²) < 4.78 is 3.31. The van der Waals surface area contributed by atoms with Crippen molar-refractivity contribution in [3.63, 3.8) is 0 Å². The Kier molecular flexibility index (Phi) is 5.50. The molecule has 7 nitrogen and oxygen atoms in total. The summed E-state index contributed by atoms with van der Waals surface area (Å²) in [5, 5.41) is 12.0. The highest BCUT2D eigenvalue weighted by Crippen LogP contribution is 2.31. The van der Waals surface area contributed by atoms with E-state index in [-0.39, 0.29) is 5.56 Å².